The topological polar surface area (TPSA) is 124 Å². The molecule has 0 spiro atoms. The van der Waals surface area contributed by atoms with Gasteiger partial charge in [0.25, 0.3) is 0 Å². The Balaban J connectivity index is 2.18. The number of carboxylic acid groups (broad SMARTS) is 1. The van der Waals surface area contributed by atoms with Crippen LogP contribution >= 0.6 is 0 Å². The number of aliphatic carboxylic acids is 1. The van der Waals surface area contributed by atoms with Gasteiger partial charge in [-0.25, -0.2) is 8.42 Å². The van der Waals surface area contributed by atoms with Gasteiger partial charge < -0.3 is 14.4 Å². The zero-order valence-corrected chi connectivity index (χ0v) is 16.3. The first-order valence-corrected chi connectivity index (χ1v) is 9.99. The largest absolute Gasteiger partial charge is 0.481 e. The van der Waals surface area contributed by atoms with Crippen LogP contribution in [-0.2, 0) is 36.0 Å². The van der Waals surface area contributed by atoms with Gasteiger partial charge in [0.05, 0.1) is 11.7 Å². The van der Waals surface area contributed by atoms with E-state index in [1.165, 1.54) is 33.8 Å². The number of carbonyl (C=O) groups excluding carboxylic acids is 1. The van der Waals surface area contributed by atoms with Crippen LogP contribution in [0.25, 0.3) is 0 Å². The lowest BCUT2D eigenvalue weighted by Crippen LogP contribution is -2.48. The minimum absolute atomic E-state index is 0.148. The fraction of sp³-hybridized carbons (Fsp3) is 0.706. The number of ketones is 1. The van der Waals surface area contributed by atoms with E-state index in [2.05, 4.69) is 5.16 Å². The molecule has 9 heteroatoms. The maximum absolute atomic E-state index is 12.9. The molecule has 1 aliphatic rings. The summed E-state index contributed by atoms with van der Waals surface area (Å²) >= 11 is 0. The summed E-state index contributed by atoms with van der Waals surface area (Å²) in [7, 11) is -3.70. The Labute approximate surface area is 152 Å². The van der Waals surface area contributed by atoms with E-state index >= 15 is 0 Å². The van der Waals surface area contributed by atoms with Crippen LogP contribution < -0.4 is 0 Å². The summed E-state index contributed by atoms with van der Waals surface area (Å²) in [4.78, 5) is 24.0. The van der Waals surface area contributed by atoms with Crippen molar-refractivity contribution >= 4 is 21.6 Å². The molecular formula is C17H25NO7S. The lowest BCUT2D eigenvalue weighted by molar-refractivity contribution is -0.142. The van der Waals surface area contributed by atoms with Crippen LogP contribution in [0.15, 0.2) is 10.6 Å². The summed E-state index contributed by atoms with van der Waals surface area (Å²) in [6, 6.07) is 1.39. The zero-order valence-electron chi connectivity index (χ0n) is 15.4. The molecule has 0 amide bonds. The third-order valence-electron chi connectivity index (χ3n) is 5.06. The maximum atomic E-state index is 12.9. The molecule has 1 saturated heterocycles. The van der Waals surface area contributed by atoms with Crippen LogP contribution in [0.3, 0.4) is 0 Å². The Bertz CT molecular complexity index is 786. The van der Waals surface area contributed by atoms with Crippen molar-refractivity contribution in [1.29, 1.82) is 0 Å². The molecular weight excluding hydrogens is 362 g/mol. The van der Waals surface area contributed by atoms with Crippen LogP contribution in [-0.4, -0.2) is 53.6 Å². The van der Waals surface area contributed by atoms with Crippen molar-refractivity contribution in [2.24, 2.45) is 0 Å². The van der Waals surface area contributed by atoms with Gasteiger partial charge in [-0.05, 0) is 40.5 Å². The number of hydrogen-bond donors (Lipinski definition) is 1. The highest BCUT2D eigenvalue weighted by Crippen LogP contribution is 2.30. The highest BCUT2D eigenvalue weighted by atomic mass is 32.2. The van der Waals surface area contributed by atoms with Gasteiger partial charge in [-0.2, -0.15) is 0 Å². The molecule has 1 fully saturated rings. The number of aromatic nitrogens is 1. The summed E-state index contributed by atoms with van der Waals surface area (Å²) in [6.45, 7) is 6.47. The molecule has 146 valence electrons. The van der Waals surface area contributed by atoms with Gasteiger partial charge in [0.2, 0.25) is 0 Å². The summed E-state index contributed by atoms with van der Waals surface area (Å²) in [6.07, 6.45) is 0.481. The number of hydrogen-bond acceptors (Lipinski definition) is 7. The fourth-order valence-corrected chi connectivity index (χ4v) is 4.77. The first-order valence-electron chi connectivity index (χ1n) is 8.44. The molecule has 0 saturated carbocycles. The first kappa shape index (κ1) is 20.6. The summed E-state index contributed by atoms with van der Waals surface area (Å²) in [5.74, 6) is -1.44. The highest BCUT2D eigenvalue weighted by molar-refractivity contribution is 7.94. The van der Waals surface area contributed by atoms with Crippen molar-refractivity contribution in [3.8, 4) is 0 Å². The molecule has 0 aliphatic carbocycles. The second-order valence-corrected chi connectivity index (χ2v) is 10.4. The van der Waals surface area contributed by atoms with Crippen molar-refractivity contribution < 1.29 is 32.4 Å². The summed E-state index contributed by atoms with van der Waals surface area (Å²) in [5, 5.41) is 12.3. The van der Waals surface area contributed by atoms with Gasteiger partial charge in [-0.3, -0.25) is 9.59 Å². The number of sulfone groups is 1. The van der Waals surface area contributed by atoms with Crippen molar-refractivity contribution in [3.63, 3.8) is 0 Å². The Kier molecular flexibility index (Phi) is 5.63. The number of nitrogens with zero attached hydrogens (tertiary/aromatic N) is 1. The van der Waals surface area contributed by atoms with Gasteiger partial charge in [0.15, 0.2) is 15.6 Å². The Morgan fingerprint density at radius 3 is 2.35 bits per heavy atom. The van der Waals surface area contributed by atoms with Crippen LogP contribution in [0.5, 0.6) is 0 Å². The normalized spacial score (nSPS) is 17.2. The maximum Gasteiger partial charge on any atom is 0.315 e. The Morgan fingerprint density at radius 1 is 1.23 bits per heavy atom. The molecule has 26 heavy (non-hydrogen) atoms. The van der Waals surface area contributed by atoms with Crippen LogP contribution in [0.2, 0.25) is 0 Å². The van der Waals surface area contributed by atoms with Crippen LogP contribution in [0, 0.1) is 0 Å². The molecule has 1 aromatic rings. The average molecular weight is 387 g/mol. The molecule has 8 nitrogen and oxygen atoms in total. The van der Waals surface area contributed by atoms with E-state index in [-0.39, 0.29) is 17.9 Å². The molecule has 2 rings (SSSR count). The molecule has 0 unspecified atom stereocenters. The van der Waals surface area contributed by atoms with E-state index in [4.69, 9.17) is 9.26 Å². The standard InChI is InChI=1S/C17H25NO7S/c1-16(2,15(20)21)13-9-11(25-18-13)10-14(19)17(3,4)26(22,23)12-5-7-24-8-6-12/h9,12H,5-8,10H2,1-4H3,(H,20,21). The van der Waals surface area contributed by atoms with Gasteiger partial charge in [0.1, 0.15) is 21.6 Å². The summed E-state index contributed by atoms with van der Waals surface area (Å²) < 4.78 is 34.5. The lowest BCUT2D eigenvalue weighted by atomic mass is 9.89. The number of carboxylic acids is 1. The second kappa shape index (κ2) is 7.11. The van der Waals surface area contributed by atoms with Gasteiger partial charge in [0, 0.05) is 19.3 Å². The van der Waals surface area contributed by atoms with E-state index in [0.717, 1.165) is 0 Å². The van der Waals surface area contributed by atoms with Gasteiger partial charge in [-0.15, -0.1) is 0 Å². The number of Topliss-reactive ketones (excluding diaryl/α,β-unsaturated/α-hetero) is 1. The SMILES string of the molecule is CC(C)(C(=O)O)c1cc(CC(=O)C(C)(C)S(=O)(=O)C2CCOCC2)on1. The van der Waals surface area contributed by atoms with Crippen molar-refractivity contribution in [3.05, 3.63) is 17.5 Å². The number of carbonyl (C=O) groups is 2. The molecule has 1 N–H and O–H groups in total. The predicted molar refractivity (Wildman–Crippen MR) is 92.7 cm³/mol. The molecule has 1 aromatic heterocycles. The highest BCUT2D eigenvalue weighted by Gasteiger charge is 2.46. The monoisotopic (exact) mass is 387 g/mol. The summed E-state index contributed by atoms with van der Waals surface area (Å²) in [5.41, 5.74) is -1.09. The van der Waals surface area contributed by atoms with E-state index in [1.807, 2.05) is 0 Å². The average Bonchev–Trinajstić information content (AvgIpc) is 3.04. The fourth-order valence-electron chi connectivity index (χ4n) is 2.73. The smallest absolute Gasteiger partial charge is 0.315 e. The van der Waals surface area contributed by atoms with Crippen molar-refractivity contribution in [1.82, 2.24) is 5.16 Å². The van der Waals surface area contributed by atoms with Crippen molar-refractivity contribution in [2.45, 2.75) is 62.4 Å². The Hall–Kier alpha value is -1.74. The van der Waals surface area contributed by atoms with E-state index in [1.54, 1.807) is 0 Å². The predicted octanol–water partition coefficient (Wildman–Crippen LogP) is 1.52. The van der Waals surface area contributed by atoms with E-state index in [0.29, 0.717) is 26.1 Å². The molecule has 0 aromatic carbocycles. The van der Waals surface area contributed by atoms with Gasteiger partial charge in [-0.1, -0.05) is 5.16 Å². The van der Waals surface area contributed by atoms with Crippen LogP contribution in [0.4, 0.5) is 0 Å². The zero-order chi connectivity index (χ0) is 19.8. The Morgan fingerprint density at radius 2 is 1.81 bits per heavy atom. The molecule has 0 radical (unpaired) electrons. The number of ether oxygens (including phenoxy) is 1. The first-order chi connectivity index (χ1) is 11.9. The third-order valence-corrected chi connectivity index (χ3v) is 8.06. The van der Waals surface area contributed by atoms with E-state index in [9.17, 15) is 23.1 Å². The number of rotatable bonds is 7. The van der Waals surface area contributed by atoms with Gasteiger partial charge >= 0.3 is 5.97 Å². The molecule has 0 atom stereocenters. The molecule has 0 bridgehead atoms. The quantitative estimate of drug-likeness (QED) is 0.747. The molecule has 2 heterocycles. The van der Waals surface area contributed by atoms with E-state index < -0.39 is 37.0 Å². The van der Waals surface area contributed by atoms with Crippen LogP contribution in [0.1, 0.15) is 52.0 Å². The minimum atomic E-state index is -3.70. The minimum Gasteiger partial charge on any atom is -0.481 e. The third kappa shape index (κ3) is 3.68. The lowest BCUT2D eigenvalue weighted by Gasteiger charge is -2.30. The molecule has 1 aliphatic heterocycles. The second-order valence-electron chi connectivity index (χ2n) is 7.58. The van der Waals surface area contributed by atoms with Crippen molar-refractivity contribution in [2.75, 3.05) is 13.2 Å².